The minimum absolute atomic E-state index is 0.0590. The molecule has 2 amide bonds. The molecule has 1 heterocycles. The maximum atomic E-state index is 11.7. The van der Waals surface area contributed by atoms with E-state index < -0.39 is 5.97 Å². The van der Waals surface area contributed by atoms with Crippen molar-refractivity contribution in [2.75, 3.05) is 13.2 Å². The summed E-state index contributed by atoms with van der Waals surface area (Å²) in [5, 5.41) is 0. The molecule has 0 N–H and O–H groups in total. The molecule has 0 atom stereocenters. The van der Waals surface area contributed by atoms with Crippen LogP contribution in [0.25, 0.3) is 0 Å². The highest BCUT2D eigenvalue weighted by atomic mass is 16.5. The van der Waals surface area contributed by atoms with Crippen LogP contribution in [0.4, 0.5) is 0 Å². The van der Waals surface area contributed by atoms with E-state index in [-0.39, 0.29) is 30.5 Å². The van der Waals surface area contributed by atoms with Gasteiger partial charge in [0, 0.05) is 18.4 Å². The van der Waals surface area contributed by atoms with Crippen LogP contribution in [0, 0.1) is 0 Å². The van der Waals surface area contributed by atoms with Gasteiger partial charge in [0.1, 0.15) is 0 Å². The van der Waals surface area contributed by atoms with Gasteiger partial charge in [0.15, 0.2) is 0 Å². The van der Waals surface area contributed by atoms with Gasteiger partial charge >= 0.3 is 5.97 Å². The van der Waals surface area contributed by atoms with E-state index in [1.165, 1.54) is 0 Å². The summed E-state index contributed by atoms with van der Waals surface area (Å²) in [7, 11) is 0. The van der Waals surface area contributed by atoms with Crippen LogP contribution in [0.2, 0.25) is 0 Å². The summed E-state index contributed by atoms with van der Waals surface area (Å²) in [6, 6.07) is 0. The number of ether oxygens (including phenoxy) is 1. The number of imide groups is 1. The van der Waals surface area contributed by atoms with Gasteiger partial charge in [-0.05, 0) is 19.8 Å². The Morgan fingerprint density at radius 2 is 1.82 bits per heavy atom. The van der Waals surface area contributed by atoms with Crippen LogP contribution < -0.4 is 0 Å². The van der Waals surface area contributed by atoms with Crippen LogP contribution in [0.3, 0.4) is 0 Å². The molecule has 0 aliphatic carbocycles. The normalized spacial score (nSPS) is 16.6. The molecule has 17 heavy (non-hydrogen) atoms. The number of nitrogens with zero attached hydrogens (tertiary/aromatic N) is 1. The monoisotopic (exact) mass is 239 g/mol. The van der Waals surface area contributed by atoms with Crippen LogP contribution in [0.5, 0.6) is 0 Å². The predicted molar refractivity (Wildman–Crippen MR) is 61.0 cm³/mol. The second kappa shape index (κ2) is 6.18. The summed E-state index contributed by atoms with van der Waals surface area (Å²) in [4.78, 5) is 35.8. The minimum Gasteiger partial charge on any atom is -0.463 e. The second-order valence-electron chi connectivity index (χ2n) is 3.90. The van der Waals surface area contributed by atoms with Crippen LogP contribution in [0.1, 0.15) is 32.6 Å². The summed E-state index contributed by atoms with van der Waals surface area (Å²) < 4.78 is 4.76. The Hall–Kier alpha value is -1.65. The topological polar surface area (TPSA) is 63.7 Å². The third-order valence-corrected chi connectivity index (χ3v) is 2.55. The van der Waals surface area contributed by atoms with Gasteiger partial charge in [-0.15, -0.1) is 0 Å². The van der Waals surface area contributed by atoms with Crippen LogP contribution in [-0.4, -0.2) is 35.8 Å². The van der Waals surface area contributed by atoms with E-state index in [0.717, 1.165) is 4.90 Å². The van der Waals surface area contributed by atoms with Crippen LogP contribution in [0.15, 0.2) is 12.2 Å². The quantitative estimate of drug-likeness (QED) is 0.417. The molecular formula is C12H17NO4. The zero-order valence-electron chi connectivity index (χ0n) is 10.0. The third-order valence-electron chi connectivity index (χ3n) is 2.55. The molecule has 0 radical (unpaired) electrons. The summed E-state index contributed by atoms with van der Waals surface area (Å²) in [5.74, 6) is -1.03. The third kappa shape index (κ3) is 3.69. The van der Waals surface area contributed by atoms with Gasteiger partial charge in [-0.25, -0.2) is 4.79 Å². The molecule has 1 aliphatic rings. The Morgan fingerprint density at radius 3 is 2.29 bits per heavy atom. The largest absolute Gasteiger partial charge is 0.463 e. The molecule has 0 bridgehead atoms. The smallest absolute Gasteiger partial charge is 0.335 e. The molecule has 1 saturated heterocycles. The number of hydrogen-bond acceptors (Lipinski definition) is 4. The number of rotatable bonds is 4. The van der Waals surface area contributed by atoms with Crippen molar-refractivity contribution in [2.45, 2.75) is 32.6 Å². The highest BCUT2D eigenvalue weighted by molar-refractivity contribution is 5.98. The first kappa shape index (κ1) is 13.4. The summed E-state index contributed by atoms with van der Waals surface area (Å²) >= 11 is 0. The van der Waals surface area contributed by atoms with Crippen molar-refractivity contribution in [1.82, 2.24) is 4.90 Å². The van der Waals surface area contributed by atoms with E-state index in [4.69, 9.17) is 4.74 Å². The SMILES string of the molecule is C=C(CN1C(=O)CCCCC1=O)C(=O)OCC. The Labute approximate surface area is 100 Å². The van der Waals surface area contributed by atoms with Gasteiger partial charge in [0.25, 0.3) is 0 Å². The lowest BCUT2D eigenvalue weighted by molar-refractivity contribution is -0.144. The van der Waals surface area contributed by atoms with Gasteiger partial charge in [-0.2, -0.15) is 0 Å². The van der Waals surface area contributed by atoms with Gasteiger partial charge in [-0.1, -0.05) is 6.58 Å². The number of hydrogen-bond donors (Lipinski definition) is 0. The molecular weight excluding hydrogens is 222 g/mol. The van der Waals surface area contributed by atoms with E-state index in [1.54, 1.807) is 6.92 Å². The first-order valence-corrected chi connectivity index (χ1v) is 5.74. The summed E-state index contributed by atoms with van der Waals surface area (Å²) in [6.45, 7) is 5.42. The fourth-order valence-corrected chi connectivity index (χ4v) is 1.63. The Morgan fingerprint density at radius 1 is 1.29 bits per heavy atom. The number of amides is 2. The standard InChI is InChI=1S/C12H17NO4/c1-3-17-12(16)9(2)8-13-10(14)6-4-5-7-11(13)15/h2-8H2,1H3. The van der Waals surface area contributed by atoms with Crippen molar-refractivity contribution in [3.63, 3.8) is 0 Å². The van der Waals surface area contributed by atoms with Gasteiger partial charge in [0.2, 0.25) is 11.8 Å². The average molecular weight is 239 g/mol. The predicted octanol–water partition coefficient (Wildman–Crippen LogP) is 1.03. The Kier molecular flexibility index (Phi) is 4.87. The molecule has 0 saturated carbocycles. The maximum Gasteiger partial charge on any atom is 0.335 e. The van der Waals surface area contributed by atoms with Crippen molar-refractivity contribution in [3.8, 4) is 0 Å². The molecule has 0 aromatic rings. The number of carbonyl (C=O) groups is 3. The number of esters is 1. The van der Waals surface area contributed by atoms with Crippen molar-refractivity contribution in [3.05, 3.63) is 12.2 Å². The fourth-order valence-electron chi connectivity index (χ4n) is 1.63. The average Bonchev–Trinajstić information content (AvgIpc) is 2.44. The van der Waals surface area contributed by atoms with Gasteiger partial charge in [0.05, 0.1) is 13.2 Å². The van der Waals surface area contributed by atoms with E-state index in [9.17, 15) is 14.4 Å². The van der Waals surface area contributed by atoms with Crippen molar-refractivity contribution >= 4 is 17.8 Å². The molecule has 1 fully saturated rings. The first-order valence-electron chi connectivity index (χ1n) is 5.74. The van der Waals surface area contributed by atoms with Gasteiger partial charge < -0.3 is 4.74 Å². The van der Waals surface area contributed by atoms with E-state index >= 15 is 0 Å². The van der Waals surface area contributed by atoms with Crippen molar-refractivity contribution < 1.29 is 19.1 Å². The van der Waals surface area contributed by atoms with Crippen molar-refractivity contribution in [1.29, 1.82) is 0 Å². The summed E-state index contributed by atoms with van der Waals surface area (Å²) in [5.41, 5.74) is 0.135. The molecule has 0 unspecified atom stereocenters. The van der Waals surface area contributed by atoms with Gasteiger partial charge in [-0.3, -0.25) is 14.5 Å². The first-order chi connectivity index (χ1) is 8.06. The van der Waals surface area contributed by atoms with Crippen molar-refractivity contribution in [2.24, 2.45) is 0 Å². The van der Waals surface area contributed by atoms with E-state index in [1.807, 2.05) is 0 Å². The zero-order chi connectivity index (χ0) is 12.8. The molecule has 94 valence electrons. The highest BCUT2D eigenvalue weighted by Gasteiger charge is 2.26. The maximum absolute atomic E-state index is 11.7. The second-order valence-corrected chi connectivity index (χ2v) is 3.90. The lowest BCUT2D eigenvalue weighted by Gasteiger charge is -2.19. The fraction of sp³-hybridized carbons (Fsp3) is 0.583. The highest BCUT2D eigenvalue weighted by Crippen LogP contribution is 2.14. The molecule has 0 aromatic heterocycles. The Bertz CT molecular complexity index is 330. The minimum atomic E-state index is -0.558. The van der Waals surface area contributed by atoms with Crippen LogP contribution in [-0.2, 0) is 19.1 Å². The lowest BCUT2D eigenvalue weighted by atomic mass is 10.2. The van der Waals surface area contributed by atoms with E-state index in [0.29, 0.717) is 25.7 Å². The lowest BCUT2D eigenvalue weighted by Crippen LogP contribution is -2.37. The van der Waals surface area contributed by atoms with E-state index in [2.05, 4.69) is 6.58 Å². The molecule has 5 nitrogen and oxygen atoms in total. The zero-order valence-corrected chi connectivity index (χ0v) is 10.0. The summed E-state index contributed by atoms with van der Waals surface area (Å²) in [6.07, 6.45) is 2.13. The molecule has 0 spiro atoms. The molecule has 5 heteroatoms. The number of likely N-dealkylation sites (tertiary alicyclic amines) is 1. The number of carbonyl (C=O) groups excluding carboxylic acids is 3. The molecule has 1 rings (SSSR count). The molecule has 0 aromatic carbocycles. The Balaban J connectivity index is 2.64. The van der Waals surface area contributed by atoms with Crippen LogP contribution >= 0.6 is 0 Å². The molecule has 1 aliphatic heterocycles.